The Bertz CT molecular complexity index is 506. The zero-order valence-corrected chi connectivity index (χ0v) is 10.3. The van der Waals surface area contributed by atoms with Crippen LogP contribution in [0.15, 0.2) is 45.2 Å². The fraction of sp³-hybridized carbons (Fsp3) is 0.500. The third kappa shape index (κ3) is 1.60. The molecule has 1 aliphatic carbocycles. The van der Waals surface area contributed by atoms with Crippen LogP contribution in [0.4, 0.5) is 0 Å². The van der Waals surface area contributed by atoms with Crippen LogP contribution in [0, 0.1) is 5.92 Å². The lowest BCUT2D eigenvalue weighted by Gasteiger charge is -2.42. The Labute approximate surface area is 105 Å². The SMILES string of the molecule is CC1=CC(C)C2NC3=C(O)N=NC(O)C3NC2=C1. The van der Waals surface area contributed by atoms with Gasteiger partial charge in [-0.25, -0.2) is 0 Å². The van der Waals surface area contributed by atoms with Gasteiger partial charge in [-0.15, -0.1) is 5.11 Å². The largest absolute Gasteiger partial charge is 0.491 e. The van der Waals surface area contributed by atoms with Gasteiger partial charge >= 0.3 is 0 Å². The molecule has 18 heavy (non-hydrogen) atoms. The van der Waals surface area contributed by atoms with E-state index >= 15 is 0 Å². The lowest BCUT2D eigenvalue weighted by Crippen LogP contribution is -2.58. The summed E-state index contributed by atoms with van der Waals surface area (Å²) in [5, 5.41) is 33.1. The maximum Gasteiger partial charge on any atom is 0.252 e. The second-order valence-electron chi connectivity index (χ2n) is 4.98. The van der Waals surface area contributed by atoms with E-state index in [0.29, 0.717) is 11.6 Å². The van der Waals surface area contributed by atoms with Crippen LogP contribution >= 0.6 is 0 Å². The molecule has 0 radical (unpaired) electrons. The normalized spacial score (nSPS) is 37.9. The van der Waals surface area contributed by atoms with Gasteiger partial charge in [-0.3, -0.25) is 0 Å². The summed E-state index contributed by atoms with van der Waals surface area (Å²) in [6.45, 7) is 4.15. The lowest BCUT2D eigenvalue weighted by atomic mass is 9.87. The second-order valence-corrected chi connectivity index (χ2v) is 4.98. The number of aliphatic hydroxyl groups is 2. The molecule has 3 aliphatic rings. The molecule has 0 spiro atoms. The molecule has 0 aromatic carbocycles. The first-order valence-electron chi connectivity index (χ1n) is 6.01. The standard InChI is InChI=1S/C12H16N4O2/c1-5-3-6(2)8-7(4-5)13-9-10(14-8)12(18)16-15-11(9)17/h3-4,6,8-9,11,13-14,17-18H,1-2H3. The Morgan fingerprint density at radius 3 is 2.83 bits per heavy atom. The minimum absolute atomic E-state index is 0.0719. The summed E-state index contributed by atoms with van der Waals surface area (Å²) >= 11 is 0. The van der Waals surface area contributed by atoms with Gasteiger partial charge in [-0.2, -0.15) is 5.11 Å². The van der Waals surface area contributed by atoms with Crippen molar-refractivity contribution in [3.05, 3.63) is 35.0 Å². The van der Waals surface area contributed by atoms with E-state index in [1.165, 1.54) is 5.57 Å². The number of allylic oxidation sites excluding steroid dienone is 2. The van der Waals surface area contributed by atoms with Gasteiger partial charge in [0.25, 0.3) is 5.88 Å². The highest BCUT2D eigenvalue weighted by Gasteiger charge is 2.39. The van der Waals surface area contributed by atoms with Gasteiger partial charge in [-0.05, 0) is 13.0 Å². The Kier molecular flexibility index (Phi) is 2.41. The minimum Gasteiger partial charge on any atom is -0.491 e. The third-order valence-corrected chi connectivity index (χ3v) is 3.52. The molecule has 3 rings (SSSR count). The van der Waals surface area contributed by atoms with Crippen LogP contribution in [0.1, 0.15) is 13.8 Å². The molecule has 0 amide bonds. The molecule has 0 bridgehead atoms. The first-order valence-corrected chi connectivity index (χ1v) is 6.01. The van der Waals surface area contributed by atoms with E-state index in [9.17, 15) is 10.2 Å². The number of piperazine rings is 1. The highest BCUT2D eigenvalue weighted by Crippen LogP contribution is 2.30. The van der Waals surface area contributed by atoms with Crippen LogP contribution in [0.25, 0.3) is 0 Å². The Morgan fingerprint density at radius 1 is 1.28 bits per heavy atom. The average molecular weight is 248 g/mol. The van der Waals surface area contributed by atoms with Gasteiger partial charge in [0.15, 0.2) is 6.23 Å². The van der Waals surface area contributed by atoms with Crippen molar-refractivity contribution in [1.29, 1.82) is 0 Å². The molecule has 0 saturated carbocycles. The summed E-state index contributed by atoms with van der Waals surface area (Å²) in [7, 11) is 0. The van der Waals surface area contributed by atoms with E-state index in [1.54, 1.807) is 0 Å². The lowest BCUT2D eigenvalue weighted by molar-refractivity contribution is 0.119. The molecule has 4 atom stereocenters. The maximum absolute atomic E-state index is 9.79. The molecule has 96 valence electrons. The van der Waals surface area contributed by atoms with E-state index in [0.717, 1.165) is 5.70 Å². The summed E-state index contributed by atoms with van der Waals surface area (Å²) in [5.41, 5.74) is 2.71. The Balaban J connectivity index is 1.98. The Hall–Kier alpha value is -1.82. The molecule has 6 heteroatoms. The first-order chi connectivity index (χ1) is 8.56. The molecule has 4 unspecified atom stereocenters. The molecule has 0 aromatic heterocycles. The number of nitrogens with one attached hydrogen (secondary N) is 2. The van der Waals surface area contributed by atoms with Crippen molar-refractivity contribution >= 4 is 0 Å². The van der Waals surface area contributed by atoms with Gasteiger partial charge in [0, 0.05) is 11.6 Å². The summed E-state index contributed by atoms with van der Waals surface area (Å²) in [6, 6.07) is -0.384. The number of fused-ring (bicyclic) bond motifs is 2. The smallest absolute Gasteiger partial charge is 0.252 e. The molecule has 6 nitrogen and oxygen atoms in total. The van der Waals surface area contributed by atoms with Crippen molar-refractivity contribution in [2.45, 2.75) is 32.2 Å². The van der Waals surface area contributed by atoms with Gasteiger partial charge < -0.3 is 20.8 Å². The van der Waals surface area contributed by atoms with E-state index in [-0.39, 0.29) is 11.9 Å². The van der Waals surface area contributed by atoms with Gasteiger partial charge in [0.2, 0.25) is 0 Å². The van der Waals surface area contributed by atoms with E-state index in [4.69, 9.17) is 0 Å². The van der Waals surface area contributed by atoms with Crippen molar-refractivity contribution in [2.24, 2.45) is 16.1 Å². The van der Waals surface area contributed by atoms with E-state index in [2.05, 4.69) is 33.9 Å². The summed E-state index contributed by atoms with van der Waals surface area (Å²) in [6.07, 6.45) is 3.23. The maximum atomic E-state index is 9.79. The van der Waals surface area contributed by atoms with Crippen LogP contribution in [0.2, 0.25) is 0 Å². The molecule has 2 aliphatic heterocycles. The van der Waals surface area contributed by atoms with Crippen LogP contribution in [0.5, 0.6) is 0 Å². The van der Waals surface area contributed by atoms with Crippen molar-refractivity contribution < 1.29 is 10.2 Å². The van der Waals surface area contributed by atoms with Crippen molar-refractivity contribution in [3.8, 4) is 0 Å². The number of rotatable bonds is 0. The van der Waals surface area contributed by atoms with E-state index in [1.807, 2.05) is 13.0 Å². The van der Waals surface area contributed by atoms with Crippen LogP contribution in [0.3, 0.4) is 0 Å². The van der Waals surface area contributed by atoms with Crippen LogP contribution in [-0.2, 0) is 0 Å². The molecule has 1 fully saturated rings. The highest BCUT2D eigenvalue weighted by molar-refractivity contribution is 5.37. The summed E-state index contributed by atoms with van der Waals surface area (Å²) in [5.74, 6) is 0.144. The molecule has 2 heterocycles. The quantitative estimate of drug-likeness (QED) is 0.513. The molecular formula is C12H16N4O2. The van der Waals surface area contributed by atoms with Crippen LogP contribution in [-0.4, -0.2) is 28.5 Å². The highest BCUT2D eigenvalue weighted by atomic mass is 16.3. The topological polar surface area (TPSA) is 89.2 Å². The van der Waals surface area contributed by atoms with Gasteiger partial charge in [-0.1, -0.05) is 18.6 Å². The minimum atomic E-state index is -0.980. The molecule has 1 saturated heterocycles. The van der Waals surface area contributed by atoms with Crippen LogP contribution < -0.4 is 10.6 Å². The number of hydrogen-bond acceptors (Lipinski definition) is 6. The predicted octanol–water partition coefficient (Wildman–Crippen LogP) is 0.908. The third-order valence-electron chi connectivity index (χ3n) is 3.52. The zero-order chi connectivity index (χ0) is 12.9. The first kappa shape index (κ1) is 11.3. The molecule has 4 N–H and O–H groups in total. The predicted molar refractivity (Wildman–Crippen MR) is 65.4 cm³/mol. The zero-order valence-electron chi connectivity index (χ0n) is 10.3. The number of azo groups is 1. The van der Waals surface area contributed by atoms with Gasteiger partial charge in [0.05, 0.1) is 6.04 Å². The summed E-state index contributed by atoms with van der Waals surface area (Å²) in [4.78, 5) is 0. The second kappa shape index (κ2) is 3.84. The Morgan fingerprint density at radius 2 is 2.06 bits per heavy atom. The van der Waals surface area contributed by atoms with E-state index < -0.39 is 12.3 Å². The fourth-order valence-corrected chi connectivity index (χ4v) is 2.69. The number of hydrogen-bond donors (Lipinski definition) is 4. The number of aliphatic hydroxyl groups excluding tert-OH is 2. The monoisotopic (exact) mass is 248 g/mol. The van der Waals surface area contributed by atoms with Crippen molar-refractivity contribution in [2.75, 3.05) is 0 Å². The van der Waals surface area contributed by atoms with Crippen molar-refractivity contribution in [3.63, 3.8) is 0 Å². The van der Waals surface area contributed by atoms with Crippen molar-refractivity contribution in [1.82, 2.24) is 10.6 Å². The fourth-order valence-electron chi connectivity index (χ4n) is 2.69. The van der Waals surface area contributed by atoms with Gasteiger partial charge in [0.1, 0.15) is 11.7 Å². The molecular weight excluding hydrogens is 232 g/mol. The molecule has 0 aromatic rings. The number of nitrogens with zero attached hydrogens (tertiary/aromatic N) is 2. The average Bonchev–Trinajstić information content (AvgIpc) is 2.32. The summed E-state index contributed by atoms with van der Waals surface area (Å²) < 4.78 is 0.